The number of aromatic nitrogens is 1. The molecule has 1 atom stereocenters. The maximum absolute atomic E-state index is 4.48. The Kier molecular flexibility index (Phi) is 5.12. The summed E-state index contributed by atoms with van der Waals surface area (Å²) < 4.78 is 0. The van der Waals surface area contributed by atoms with E-state index in [0.717, 1.165) is 31.1 Å². The van der Waals surface area contributed by atoms with Crippen LogP contribution in [0.4, 0.5) is 0 Å². The molecule has 80 valence electrons. The minimum atomic E-state index is 0.736. The minimum absolute atomic E-state index is 0.736. The summed E-state index contributed by atoms with van der Waals surface area (Å²) in [6, 6.07) is 0. The quantitative estimate of drug-likeness (QED) is 0.733. The van der Waals surface area contributed by atoms with E-state index in [-0.39, 0.29) is 0 Å². The van der Waals surface area contributed by atoms with Crippen LogP contribution in [0.2, 0.25) is 0 Å². The molecule has 14 heavy (non-hydrogen) atoms. The van der Waals surface area contributed by atoms with Gasteiger partial charge in [-0.15, -0.1) is 11.3 Å². The first-order valence-corrected chi connectivity index (χ1v) is 6.22. The third-order valence-electron chi connectivity index (χ3n) is 2.25. The van der Waals surface area contributed by atoms with Crippen molar-refractivity contribution in [3.8, 4) is 0 Å². The fraction of sp³-hybridized carbons (Fsp3) is 0.727. The molecule has 0 spiro atoms. The van der Waals surface area contributed by atoms with Crippen molar-refractivity contribution < 1.29 is 0 Å². The molecule has 0 aliphatic rings. The van der Waals surface area contributed by atoms with Gasteiger partial charge in [-0.2, -0.15) is 0 Å². The van der Waals surface area contributed by atoms with Crippen LogP contribution in [0.25, 0.3) is 0 Å². The van der Waals surface area contributed by atoms with Gasteiger partial charge in [-0.05, 0) is 32.4 Å². The first-order chi connectivity index (χ1) is 6.72. The molecule has 1 unspecified atom stereocenters. The minimum Gasteiger partial charge on any atom is -0.317 e. The van der Waals surface area contributed by atoms with E-state index in [2.05, 4.69) is 36.5 Å². The molecule has 0 radical (unpaired) electrons. The van der Waals surface area contributed by atoms with Crippen molar-refractivity contribution in [2.45, 2.75) is 33.6 Å². The van der Waals surface area contributed by atoms with Gasteiger partial charge in [0.2, 0.25) is 0 Å². The molecule has 0 bridgehead atoms. The number of nitrogens with one attached hydrogen (secondary N) is 1. The van der Waals surface area contributed by atoms with E-state index in [1.54, 1.807) is 11.3 Å². The summed E-state index contributed by atoms with van der Waals surface area (Å²) in [4.78, 5) is 4.48. The summed E-state index contributed by atoms with van der Waals surface area (Å²) in [6.07, 6.45) is 2.37. The molecule has 1 rings (SSSR count). The number of nitrogens with zero attached hydrogens (tertiary/aromatic N) is 1. The van der Waals surface area contributed by atoms with Gasteiger partial charge in [-0.1, -0.05) is 13.8 Å². The lowest BCUT2D eigenvalue weighted by Gasteiger charge is -2.09. The Bertz CT molecular complexity index is 258. The molecule has 0 amide bonds. The number of hydrogen-bond acceptors (Lipinski definition) is 3. The molecule has 0 saturated carbocycles. The van der Waals surface area contributed by atoms with E-state index < -0.39 is 0 Å². The molecule has 2 nitrogen and oxygen atoms in total. The van der Waals surface area contributed by atoms with Crippen LogP contribution in [0.5, 0.6) is 0 Å². The smallest absolute Gasteiger partial charge is 0.0930 e. The maximum atomic E-state index is 4.48. The third kappa shape index (κ3) is 4.20. The summed E-state index contributed by atoms with van der Waals surface area (Å²) in [5, 5.41) is 6.77. The van der Waals surface area contributed by atoms with Crippen molar-refractivity contribution in [1.29, 1.82) is 0 Å². The predicted molar refractivity (Wildman–Crippen MR) is 62.9 cm³/mol. The molecule has 0 aromatic carbocycles. The zero-order valence-electron chi connectivity index (χ0n) is 9.34. The Morgan fingerprint density at radius 1 is 1.57 bits per heavy atom. The van der Waals surface area contributed by atoms with Gasteiger partial charge in [-0.25, -0.2) is 4.98 Å². The Labute approximate surface area is 90.8 Å². The van der Waals surface area contributed by atoms with Gasteiger partial charge >= 0.3 is 0 Å². The van der Waals surface area contributed by atoms with E-state index in [9.17, 15) is 0 Å². The lowest BCUT2D eigenvalue weighted by molar-refractivity contribution is 0.503. The average Bonchev–Trinajstić information content (AvgIpc) is 2.52. The fourth-order valence-electron chi connectivity index (χ4n) is 1.42. The topological polar surface area (TPSA) is 24.9 Å². The summed E-state index contributed by atoms with van der Waals surface area (Å²) in [5.74, 6) is 0.736. The molecule has 0 saturated heterocycles. The second kappa shape index (κ2) is 6.14. The van der Waals surface area contributed by atoms with Gasteiger partial charge in [0.25, 0.3) is 0 Å². The highest BCUT2D eigenvalue weighted by molar-refractivity contribution is 7.09. The van der Waals surface area contributed by atoms with Crippen LogP contribution in [-0.4, -0.2) is 18.1 Å². The Morgan fingerprint density at radius 2 is 2.36 bits per heavy atom. The number of hydrogen-bond donors (Lipinski definition) is 1. The Morgan fingerprint density at radius 3 is 2.93 bits per heavy atom. The molecule has 0 aliphatic heterocycles. The standard InChI is InChI=1S/C11H20N2S/c1-4-12-6-5-9(2)7-11-13-10(3)8-14-11/h8-9,12H,4-7H2,1-3H3. The maximum Gasteiger partial charge on any atom is 0.0930 e. The fourth-order valence-corrected chi connectivity index (χ4v) is 2.36. The van der Waals surface area contributed by atoms with E-state index in [4.69, 9.17) is 0 Å². The van der Waals surface area contributed by atoms with Crippen LogP contribution in [0.15, 0.2) is 5.38 Å². The SMILES string of the molecule is CCNCCC(C)Cc1nc(C)cs1. The summed E-state index contributed by atoms with van der Waals surface area (Å²) in [6.45, 7) is 8.71. The molecule has 0 fully saturated rings. The van der Waals surface area contributed by atoms with E-state index >= 15 is 0 Å². The lowest BCUT2D eigenvalue weighted by Crippen LogP contribution is -2.17. The zero-order valence-corrected chi connectivity index (χ0v) is 10.2. The first kappa shape index (κ1) is 11.7. The lowest BCUT2D eigenvalue weighted by atomic mass is 10.0. The number of rotatable bonds is 6. The predicted octanol–water partition coefficient (Wildman–Crippen LogP) is 2.63. The second-order valence-corrected chi connectivity index (χ2v) is 4.78. The third-order valence-corrected chi connectivity index (χ3v) is 3.24. The Balaban J connectivity index is 2.23. The molecule has 1 heterocycles. The average molecular weight is 212 g/mol. The van der Waals surface area contributed by atoms with Crippen LogP contribution >= 0.6 is 11.3 Å². The molecule has 1 aromatic heterocycles. The summed E-state index contributed by atoms with van der Waals surface area (Å²) in [7, 11) is 0. The number of thiazole rings is 1. The highest BCUT2D eigenvalue weighted by atomic mass is 32.1. The Hall–Kier alpha value is -0.410. The van der Waals surface area contributed by atoms with Crippen molar-refractivity contribution in [3.05, 3.63) is 16.1 Å². The molecule has 1 N–H and O–H groups in total. The van der Waals surface area contributed by atoms with Crippen molar-refractivity contribution in [1.82, 2.24) is 10.3 Å². The molecule has 1 aromatic rings. The van der Waals surface area contributed by atoms with Crippen LogP contribution in [0, 0.1) is 12.8 Å². The summed E-state index contributed by atoms with van der Waals surface area (Å²) in [5.41, 5.74) is 1.16. The van der Waals surface area contributed by atoms with Crippen molar-refractivity contribution >= 4 is 11.3 Å². The van der Waals surface area contributed by atoms with Crippen LogP contribution in [-0.2, 0) is 6.42 Å². The van der Waals surface area contributed by atoms with Gasteiger partial charge in [0.05, 0.1) is 5.01 Å². The highest BCUT2D eigenvalue weighted by Gasteiger charge is 2.05. The van der Waals surface area contributed by atoms with Gasteiger partial charge in [0.1, 0.15) is 0 Å². The summed E-state index contributed by atoms with van der Waals surface area (Å²) >= 11 is 1.79. The molecular formula is C11H20N2S. The van der Waals surface area contributed by atoms with E-state index in [1.165, 1.54) is 11.4 Å². The van der Waals surface area contributed by atoms with Gasteiger partial charge in [0, 0.05) is 17.5 Å². The highest BCUT2D eigenvalue weighted by Crippen LogP contribution is 2.15. The van der Waals surface area contributed by atoms with Crippen LogP contribution < -0.4 is 5.32 Å². The van der Waals surface area contributed by atoms with E-state index in [0.29, 0.717) is 0 Å². The molecule has 0 aliphatic carbocycles. The van der Waals surface area contributed by atoms with Gasteiger partial charge < -0.3 is 5.32 Å². The van der Waals surface area contributed by atoms with Crippen LogP contribution in [0.3, 0.4) is 0 Å². The molecular weight excluding hydrogens is 192 g/mol. The first-order valence-electron chi connectivity index (χ1n) is 5.34. The van der Waals surface area contributed by atoms with Crippen molar-refractivity contribution in [3.63, 3.8) is 0 Å². The zero-order chi connectivity index (χ0) is 10.4. The van der Waals surface area contributed by atoms with E-state index in [1.807, 2.05) is 0 Å². The monoisotopic (exact) mass is 212 g/mol. The van der Waals surface area contributed by atoms with Crippen molar-refractivity contribution in [2.75, 3.05) is 13.1 Å². The normalized spacial score (nSPS) is 13.1. The second-order valence-electron chi connectivity index (χ2n) is 3.83. The largest absolute Gasteiger partial charge is 0.317 e. The van der Waals surface area contributed by atoms with Crippen LogP contribution in [0.1, 0.15) is 31.0 Å². The van der Waals surface area contributed by atoms with Crippen molar-refractivity contribution in [2.24, 2.45) is 5.92 Å². The number of aryl methyl sites for hydroxylation is 1. The molecule has 3 heteroatoms. The van der Waals surface area contributed by atoms with Gasteiger partial charge in [0.15, 0.2) is 0 Å². The van der Waals surface area contributed by atoms with Gasteiger partial charge in [-0.3, -0.25) is 0 Å².